The monoisotopic (exact) mass is 260 g/mol. The molecule has 1 aromatic heterocycles. The topological polar surface area (TPSA) is 69.2 Å². The van der Waals surface area contributed by atoms with Gasteiger partial charge in [0, 0.05) is 12.1 Å². The van der Waals surface area contributed by atoms with Gasteiger partial charge < -0.3 is 14.8 Å². The second kappa shape index (κ2) is 4.11. The van der Waals surface area contributed by atoms with Crippen molar-refractivity contribution in [1.29, 1.82) is 0 Å². The van der Waals surface area contributed by atoms with E-state index in [1.54, 1.807) is 0 Å². The summed E-state index contributed by atoms with van der Waals surface area (Å²) in [6.07, 6.45) is -6.02. The lowest BCUT2D eigenvalue weighted by Crippen LogP contribution is -2.44. The lowest BCUT2D eigenvalue weighted by Gasteiger charge is -2.31. The Morgan fingerprint density at radius 1 is 1.39 bits per heavy atom. The van der Waals surface area contributed by atoms with E-state index in [-0.39, 0.29) is 36.6 Å². The van der Waals surface area contributed by atoms with Crippen LogP contribution in [-0.4, -0.2) is 27.5 Å². The first-order valence-corrected chi connectivity index (χ1v) is 5.18. The van der Waals surface area contributed by atoms with Gasteiger partial charge in [0.15, 0.2) is 5.69 Å². The van der Waals surface area contributed by atoms with E-state index < -0.39 is 18.0 Å². The second-order valence-corrected chi connectivity index (χ2v) is 3.98. The molecule has 0 fully saturated rings. The van der Waals surface area contributed by atoms with Gasteiger partial charge in [-0.3, -0.25) is 0 Å². The van der Waals surface area contributed by atoms with Crippen LogP contribution in [0.2, 0.25) is 0 Å². The fourth-order valence-corrected chi connectivity index (χ4v) is 1.94. The maximum Gasteiger partial charge on any atom is 0.433 e. The number of aryl methyl sites for hydroxylation is 1. The molecule has 0 radical (unpaired) electrons. The van der Waals surface area contributed by atoms with Crippen LogP contribution in [0.5, 0.6) is 0 Å². The van der Waals surface area contributed by atoms with Crippen molar-refractivity contribution in [3.63, 3.8) is 0 Å². The number of hydrogen-bond donors (Lipinski definition) is 0. The lowest BCUT2D eigenvalue weighted by molar-refractivity contribution is -0.266. The Morgan fingerprint density at radius 3 is 2.61 bits per heavy atom. The fraction of sp³-hybridized carbons (Fsp3) is 0.500. The smallest absolute Gasteiger partial charge is 0.433 e. The zero-order valence-corrected chi connectivity index (χ0v) is 9.41. The first kappa shape index (κ1) is 12.6. The SMILES string of the molecule is Cc1nc2c(c(C(F)(F)F)n1)CCN(C(=O)[O-])C2. The molecule has 0 bridgehead atoms. The minimum atomic E-state index is -4.55. The standard InChI is InChI=1S/C10H10F3N3O2/c1-5-14-7-4-16(9(17)18)3-2-6(7)8(15-5)10(11,12)13/h2-4H2,1H3,(H,17,18)/p-1. The van der Waals surface area contributed by atoms with E-state index in [0.717, 1.165) is 4.90 Å². The van der Waals surface area contributed by atoms with E-state index in [0.29, 0.717) is 0 Å². The van der Waals surface area contributed by atoms with Crippen molar-refractivity contribution in [1.82, 2.24) is 14.9 Å². The number of nitrogens with zero attached hydrogens (tertiary/aromatic N) is 3. The highest BCUT2D eigenvalue weighted by Crippen LogP contribution is 2.33. The van der Waals surface area contributed by atoms with Gasteiger partial charge in [-0.05, 0) is 13.3 Å². The third kappa shape index (κ3) is 2.22. The molecule has 18 heavy (non-hydrogen) atoms. The predicted octanol–water partition coefficient (Wildman–Crippen LogP) is 0.505. The number of fused-ring (bicyclic) bond motifs is 1. The molecule has 0 spiro atoms. The Balaban J connectivity index is 2.47. The van der Waals surface area contributed by atoms with Crippen molar-refractivity contribution in [2.45, 2.75) is 26.1 Å². The molecule has 5 nitrogen and oxygen atoms in total. The minimum Gasteiger partial charge on any atom is -0.530 e. The lowest BCUT2D eigenvalue weighted by atomic mass is 10.0. The van der Waals surface area contributed by atoms with E-state index in [1.807, 2.05) is 0 Å². The summed E-state index contributed by atoms with van der Waals surface area (Å²) in [6, 6.07) is 0. The van der Waals surface area contributed by atoms with Crippen LogP contribution < -0.4 is 5.11 Å². The summed E-state index contributed by atoms with van der Waals surface area (Å²) < 4.78 is 38.3. The third-order valence-electron chi connectivity index (χ3n) is 2.70. The molecule has 2 heterocycles. The largest absolute Gasteiger partial charge is 0.530 e. The van der Waals surface area contributed by atoms with Crippen molar-refractivity contribution in [3.05, 3.63) is 22.8 Å². The van der Waals surface area contributed by atoms with Gasteiger partial charge in [0.05, 0.1) is 12.2 Å². The highest BCUT2D eigenvalue weighted by molar-refractivity contribution is 5.63. The van der Waals surface area contributed by atoms with Crippen LogP contribution in [0.25, 0.3) is 0 Å². The maximum atomic E-state index is 12.8. The molecule has 1 aliphatic heterocycles. The second-order valence-electron chi connectivity index (χ2n) is 3.98. The molecule has 0 aliphatic carbocycles. The highest BCUT2D eigenvalue weighted by Gasteiger charge is 2.38. The predicted molar refractivity (Wildman–Crippen MR) is 51.3 cm³/mol. The maximum absolute atomic E-state index is 12.8. The average molecular weight is 260 g/mol. The van der Waals surface area contributed by atoms with Crippen LogP contribution in [-0.2, 0) is 19.1 Å². The van der Waals surface area contributed by atoms with E-state index >= 15 is 0 Å². The third-order valence-corrected chi connectivity index (χ3v) is 2.70. The summed E-state index contributed by atoms with van der Waals surface area (Å²) in [7, 11) is 0. The summed E-state index contributed by atoms with van der Waals surface area (Å²) in [5, 5.41) is 10.7. The molecule has 0 atom stereocenters. The molecule has 2 rings (SSSR count). The molecule has 0 saturated carbocycles. The number of halogens is 3. The number of carboxylic acid groups (broad SMARTS) is 1. The summed E-state index contributed by atoms with van der Waals surface area (Å²) in [5.41, 5.74) is -0.890. The van der Waals surface area contributed by atoms with Crippen molar-refractivity contribution >= 4 is 6.09 Å². The zero-order valence-electron chi connectivity index (χ0n) is 9.41. The summed E-state index contributed by atoms with van der Waals surface area (Å²) in [6.45, 7) is 1.11. The number of carbonyl (C=O) groups is 1. The number of rotatable bonds is 0. The molecule has 1 aliphatic rings. The van der Waals surface area contributed by atoms with Crippen molar-refractivity contribution in [2.75, 3.05) is 6.54 Å². The van der Waals surface area contributed by atoms with Gasteiger partial charge in [-0.25, -0.2) is 9.97 Å². The Labute approximate surface area is 100 Å². The van der Waals surface area contributed by atoms with Gasteiger partial charge in [-0.1, -0.05) is 0 Å². The Bertz CT molecular complexity index is 502. The van der Waals surface area contributed by atoms with Crippen LogP contribution in [0, 0.1) is 6.92 Å². The van der Waals surface area contributed by atoms with Crippen LogP contribution in [0.15, 0.2) is 0 Å². The van der Waals surface area contributed by atoms with Crippen LogP contribution in [0.1, 0.15) is 22.8 Å². The normalized spacial score (nSPS) is 15.4. The van der Waals surface area contributed by atoms with Gasteiger partial charge in [-0.15, -0.1) is 0 Å². The van der Waals surface area contributed by atoms with E-state index in [9.17, 15) is 23.1 Å². The van der Waals surface area contributed by atoms with Crippen LogP contribution in [0.4, 0.5) is 18.0 Å². The van der Waals surface area contributed by atoms with E-state index in [4.69, 9.17) is 0 Å². The molecule has 98 valence electrons. The molecule has 1 amide bonds. The quantitative estimate of drug-likeness (QED) is 0.681. The van der Waals surface area contributed by atoms with Gasteiger partial charge in [0.2, 0.25) is 0 Å². The molecule has 8 heteroatoms. The molecular formula is C10H9F3N3O2-. The average Bonchev–Trinajstić information content (AvgIpc) is 2.25. The molecule has 0 N–H and O–H groups in total. The van der Waals surface area contributed by atoms with Crippen LogP contribution in [0.3, 0.4) is 0 Å². The number of alkyl halides is 3. The van der Waals surface area contributed by atoms with Crippen LogP contribution >= 0.6 is 0 Å². The zero-order chi connectivity index (χ0) is 13.5. The highest BCUT2D eigenvalue weighted by atomic mass is 19.4. The van der Waals surface area contributed by atoms with Crippen molar-refractivity contribution in [3.8, 4) is 0 Å². The minimum absolute atomic E-state index is 0.0226. The van der Waals surface area contributed by atoms with E-state index in [1.165, 1.54) is 6.92 Å². The molecule has 1 aromatic rings. The summed E-state index contributed by atoms with van der Waals surface area (Å²) in [5.74, 6) is -0.0266. The van der Waals surface area contributed by atoms with Gasteiger partial charge >= 0.3 is 6.18 Å². The summed E-state index contributed by atoms with van der Waals surface area (Å²) in [4.78, 5) is 18.9. The van der Waals surface area contributed by atoms with Gasteiger partial charge in [-0.2, -0.15) is 13.2 Å². The summed E-state index contributed by atoms with van der Waals surface area (Å²) >= 11 is 0. The molecular weight excluding hydrogens is 251 g/mol. The first-order valence-electron chi connectivity index (χ1n) is 5.18. The number of aromatic nitrogens is 2. The Hall–Kier alpha value is -1.86. The van der Waals surface area contributed by atoms with E-state index in [2.05, 4.69) is 9.97 Å². The van der Waals surface area contributed by atoms with Crippen molar-refractivity contribution in [2.24, 2.45) is 0 Å². The fourth-order valence-electron chi connectivity index (χ4n) is 1.94. The number of hydrogen-bond acceptors (Lipinski definition) is 4. The first-order chi connectivity index (χ1) is 8.29. The molecule has 0 saturated heterocycles. The molecule has 0 unspecified atom stereocenters. The number of carbonyl (C=O) groups excluding carboxylic acids is 1. The Morgan fingerprint density at radius 2 is 2.06 bits per heavy atom. The molecule has 0 aromatic carbocycles. The van der Waals surface area contributed by atoms with Crippen molar-refractivity contribution < 1.29 is 23.1 Å². The number of amides is 1. The van der Waals surface area contributed by atoms with Gasteiger partial charge in [0.1, 0.15) is 11.9 Å². The van der Waals surface area contributed by atoms with Gasteiger partial charge in [0.25, 0.3) is 0 Å². The Kier molecular flexibility index (Phi) is 2.88.